The lowest BCUT2D eigenvalue weighted by Crippen LogP contribution is -2.33. The zero-order chi connectivity index (χ0) is 19.2. The van der Waals surface area contributed by atoms with Crippen LogP contribution < -0.4 is 16.0 Å². The number of hydrogen-bond acceptors (Lipinski definition) is 3. The number of nitrogens with one attached hydrogen (secondary N) is 4. The fourth-order valence-corrected chi connectivity index (χ4v) is 2.78. The number of H-pyrrole nitrogens is 1. The molecule has 138 valence electrons. The van der Waals surface area contributed by atoms with Gasteiger partial charge in [-0.25, -0.2) is 0 Å². The van der Waals surface area contributed by atoms with Gasteiger partial charge in [0.25, 0.3) is 0 Å². The number of carbonyl (C=O) groups excluding carboxylic acids is 3. The van der Waals surface area contributed by atoms with Gasteiger partial charge in [0.05, 0.1) is 13.0 Å². The molecule has 3 amide bonds. The fourth-order valence-electron chi connectivity index (χ4n) is 2.78. The van der Waals surface area contributed by atoms with E-state index in [1.165, 1.54) is 6.92 Å². The third kappa shape index (κ3) is 4.94. The second kappa shape index (κ2) is 8.18. The minimum absolute atomic E-state index is 0.133. The van der Waals surface area contributed by atoms with Gasteiger partial charge in [-0.15, -0.1) is 0 Å². The van der Waals surface area contributed by atoms with Crippen LogP contribution in [0.25, 0.3) is 10.9 Å². The zero-order valence-corrected chi connectivity index (χ0v) is 14.8. The summed E-state index contributed by atoms with van der Waals surface area (Å²) >= 11 is 0. The summed E-state index contributed by atoms with van der Waals surface area (Å²) in [7, 11) is 0. The van der Waals surface area contributed by atoms with Crippen LogP contribution in [0.4, 0.5) is 11.4 Å². The third-order valence-electron chi connectivity index (χ3n) is 3.94. The maximum Gasteiger partial charge on any atom is 0.243 e. The molecule has 27 heavy (non-hydrogen) atoms. The van der Waals surface area contributed by atoms with Crippen molar-refractivity contribution in [1.29, 1.82) is 0 Å². The van der Waals surface area contributed by atoms with Crippen molar-refractivity contribution in [2.24, 2.45) is 0 Å². The van der Waals surface area contributed by atoms with Gasteiger partial charge in [-0.1, -0.05) is 24.3 Å². The molecule has 0 saturated carbocycles. The van der Waals surface area contributed by atoms with Crippen LogP contribution in [0.15, 0.2) is 54.7 Å². The Bertz CT molecular complexity index is 994. The van der Waals surface area contributed by atoms with Gasteiger partial charge in [0.1, 0.15) is 0 Å². The Kier molecular flexibility index (Phi) is 5.51. The van der Waals surface area contributed by atoms with E-state index < -0.39 is 0 Å². The molecule has 0 radical (unpaired) electrons. The minimum atomic E-state index is -0.345. The highest BCUT2D eigenvalue weighted by molar-refractivity contribution is 5.96. The standard InChI is InChI=1S/C20H20N4O3/c1-13(25)23-15-5-4-6-16(10-15)24-20(27)12-22-19(26)9-14-11-21-18-8-3-2-7-17(14)18/h2-8,10-11,21H,9,12H2,1H3,(H,22,26)(H,23,25)(H,24,27). The first kappa shape index (κ1) is 18.2. The molecule has 3 aromatic rings. The zero-order valence-electron chi connectivity index (χ0n) is 14.8. The highest BCUT2D eigenvalue weighted by Gasteiger charge is 2.10. The molecule has 0 unspecified atom stereocenters. The average molecular weight is 364 g/mol. The van der Waals surface area contributed by atoms with E-state index >= 15 is 0 Å². The van der Waals surface area contributed by atoms with Crippen molar-refractivity contribution in [1.82, 2.24) is 10.3 Å². The van der Waals surface area contributed by atoms with Crippen LogP contribution in [0.2, 0.25) is 0 Å². The largest absolute Gasteiger partial charge is 0.361 e. The van der Waals surface area contributed by atoms with E-state index in [1.54, 1.807) is 30.5 Å². The predicted molar refractivity (Wildman–Crippen MR) is 104 cm³/mol. The number of para-hydroxylation sites is 1. The highest BCUT2D eigenvalue weighted by atomic mass is 16.2. The van der Waals surface area contributed by atoms with E-state index in [-0.39, 0.29) is 30.7 Å². The minimum Gasteiger partial charge on any atom is -0.361 e. The molecule has 3 rings (SSSR count). The van der Waals surface area contributed by atoms with Gasteiger partial charge >= 0.3 is 0 Å². The number of aromatic amines is 1. The first-order valence-corrected chi connectivity index (χ1v) is 8.50. The number of hydrogen-bond donors (Lipinski definition) is 4. The molecule has 0 atom stereocenters. The second-order valence-corrected chi connectivity index (χ2v) is 6.12. The van der Waals surface area contributed by atoms with Crippen molar-refractivity contribution < 1.29 is 14.4 Å². The van der Waals surface area contributed by atoms with Gasteiger partial charge in [-0.05, 0) is 29.8 Å². The number of aromatic nitrogens is 1. The first-order valence-electron chi connectivity index (χ1n) is 8.50. The van der Waals surface area contributed by atoms with E-state index in [1.807, 2.05) is 24.3 Å². The van der Waals surface area contributed by atoms with Crippen LogP contribution >= 0.6 is 0 Å². The summed E-state index contributed by atoms with van der Waals surface area (Å²) in [5.41, 5.74) is 2.98. The van der Waals surface area contributed by atoms with Crippen molar-refractivity contribution in [3.8, 4) is 0 Å². The van der Waals surface area contributed by atoms with Crippen molar-refractivity contribution in [2.75, 3.05) is 17.2 Å². The molecular weight excluding hydrogens is 344 g/mol. The molecule has 0 aliphatic carbocycles. The first-order chi connectivity index (χ1) is 13.0. The SMILES string of the molecule is CC(=O)Nc1cccc(NC(=O)CNC(=O)Cc2c[nH]c3ccccc23)c1. The molecule has 0 aliphatic heterocycles. The molecule has 7 nitrogen and oxygen atoms in total. The average Bonchev–Trinajstić information content (AvgIpc) is 3.03. The number of anilines is 2. The van der Waals surface area contributed by atoms with E-state index in [4.69, 9.17) is 0 Å². The van der Waals surface area contributed by atoms with Gasteiger partial charge < -0.3 is 20.9 Å². The van der Waals surface area contributed by atoms with Crippen LogP contribution in [-0.4, -0.2) is 29.3 Å². The molecular formula is C20H20N4O3. The molecule has 2 aromatic carbocycles. The summed E-state index contributed by atoms with van der Waals surface area (Å²) in [4.78, 5) is 38.4. The van der Waals surface area contributed by atoms with Gasteiger partial charge in [0, 0.05) is 35.4 Å². The van der Waals surface area contributed by atoms with Crippen molar-refractivity contribution >= 4 is 40.0 Å². The molecule has 1 aromatic heterocycles. The van der Waals surface area contributed by atoms with Crippen LogP contribution in [0, 0.1) is 0 Å². The Balaban J connectivity index is 1.51. The van der Waals surface area contributed by atoms with Gasteiger partial charge in [0.15, 0.2) is 0 Å². The Morgan fingerprint density at radius 2 is 1.67 bits per heavy atom. The van der Waals surface area contributed by atoms with Gasteiger partial charge in [-0.2, -0.15) is 0 Å². The summed E-state index contributed by atoms with van der Waals surface area (Å²) in [5, 5.41) is 8.94. The summed E-state index contributed by atoms with van der Waals surface area (Å²) < 4.78 is 0. The fraction of sp³-hybridized carbons (Fsp3) is 0.150. The number of carbonyl (C=O) groups is 3. The van der Waals surface area contributed by atoms with Crippen molar-refractivity contribution in [3.05, 3.63) is 60.3 Å². The topological polar surface area (TPSA) is 103 Å². The predicted octanol–water partition coefficient (Wildman–Crippen LogP) is 2.42. The van der Waals surface area contributed by atoms with Gasteiger partial charge in [0.2, 0.25) is 17.7 Å². The maximum atomic E-state index is 12.1. The monoisotopic (exact) mass is 364 g/mol. The molecule has 0 bridgehead atoms. The van der Waals surface area contributed by atoms with E-state index in [0.717, 1.165) is 16.5 Å². The lowest BCUT2D eigenvalue weighted by Gasteiger charge is -2.09. The smallest absolute Gasteiger partial charge is 0.243 e. The van der Waals surface area contributed by atoms with Crippen LogP contribution in [0.3, 0.4) is 0 Å². The Hall–Kier alpha value is -3.61. The quantitative estimate of drug-likeness (QED) is 0.540. The number of rotatable bonds is 6. The van der Waals surface area contributed by atoms with Crippen LogP contribution in [0.1, 0.15) is 12.5 Å². The molecule has 7 heteroatoms. The highest BCUT2D eigenvalue weighted by Crippen LogP contribution is 2.18. The van der Waals surface area contributed by atoms with Crippen molar-refractivity contribution in [2.45, 2.75) is 13.3 Å². The van der Waals surface area contributed by atoms with E-state index in [9.17, 15) is 14.4 Å². The van der Waals surface area contributed by atoms with E-state index in [2.05, 4.69) is 20.9 Å². The molecule has 1 heterocycles. The van der Waals surface area contributed by atoms with Crippen LogP contribution in [-0.2, 0) is 20.8 Å². The maximum absolute atomic E-state index is 12.1. The Morgan fingerprint density at radius 1 is 0.926 bits per heavy atom. The van der Waals surface area contributed by atoms with Crippen molar-refractivity contribution in [3.63, 3.8) is 0 Å². The molecule has 4 N–H and O–H groups in total. The normalized spacial score (nSPS) is 10.4. The Labute approximate surface area is 156 Å². The summed E-state index contributed by atoms with van der Waals surface area (Å²) in [6.45, 7) is 1.28. The number of amides is 3. The number of benzene rings is 2. The van der Waals surface area contributed by atoms with Crippen LogP contribution in [0.5, 0.6) is 0 Å². The molecule has 0 fully saturated rings. The Morgan fingerprint density at radius 3 is 2.44 bits per heavy atom. The summed E-state index contributed by atoms with van der Waals surface area (Å²) in [6.07, 6.45) is 1.99. The number of fused-ring (bicyclic) bond motifs is 1. The summed E-state index contributed by atoms with van der Waals surface area (Å²) in [5.74, 6) is -0.771. The molecule has 0 aliphatic rings. The van der Waals surface area contributed by atoms with Gasteiger partial charge in [-0.3, -0.25) is 14.4 Å². The lowest BCUT2D eigenvalue weighted by atomic mass is 10.1. The molecule has 0 saturated heterocycles. The lowest BCUT2D eigenvalue weighted by molar-refractivity contribution is -0.123. The van der Waals surface area contributed by atoms with E-state index in [0.29, 0.717) is 11.4 Å². The second-order valence-electron chi connectivity index (χ2n) is 6.12. The molecule has 0 spiro atoms. The summed E-state index contributed by atoms with van der Waals surface area (Å²) in [6, 6.07) is 14.5. The third-order valence-corrected chi connectivity index (χ3v) is 3.94.